The van der Waals surface area contributed by atoms with Crippen LogP contribution in [0.15, 0.2) is 23.2 Å². The summed E-state index contributed by atoms with van der Waals surface area (Å²) in [6.07, 6.45) is 0.345. The second kappa shape index (κ2) is 8.58. The number of aliphatic imine (C=N–C) groups is 1. The first-order valence-electron chi connectivity index (χ1n) is 7.25. The molecule has 2 unspecified atom stereocenters. The molecule has 22 heavy (non-hydrogen) atoms. The van der Waals surface area contributed by atoms with Crippen molar-refractivity contribution in [2.24, 2.45) is 10.9 Å². The summed E-state index contributed by atoms with van der Waals surface area (Å²) >= 11 is 11.9. The number of rotatable bonds is 5. The van der Waals surface area contributed by atoms with Crippen molar-refractivity contribution in [3.63, 3.8) is 0 Å². The first kappa shape index (κ1) is 17.3. The molecular formula is C15H21Cl2N3O2. The van der Waals surface area contributed by atoms with Gasteiger partial charge in [-0.05, 0) is 30.2 Å². The van der Waals surface area contributed by atoms with Crippen molar-refractivity contribution in [1.82, 2.24) is 10.6 Å². The summed E-state index contributed by atoms with van der Waals surface area (Å²) in [6.45, 7) is 2.73. The van der Waals surface area contributed by atoms with Gasteiger partial charge in [0.1, 0.15) is 0 Å². The van der Waals surface area contributed by atoms with E-state index in [2.05, 4.69) is 15.6 Å². The van der Waals surface area contributed by atoms with E-state index in [9.17, 15) is 5.11 Å². The number of benzene rings is 1. The lowest BCUT2D eigenvalue weighted by atomic mass is 10.1. The lowest BCUT2D eigenvalue weighted by Gasteiger charge is -2.17. The fourth-order valence-electron chi connectivity index (χ4n) is 2.28. The SMILES string of the molecule is CN=C(NCC1CCOC1)NCC(O)c1cc(Cl)cc(Cl)c1. The molecule has 3 N–H and O–H groups in total. The van der Waals surface area contributed by atoms with Crippen LogP contribution in [-0.4, -0.2) is 44.4 Å². The Hall–Kier alpha value is -1.01. The molecule has 5 nitrogen and oxygen atoms in total. The number of hydrogen-bond acceptors (Lipinski definition) is 3. The van der Waals surface area contributed by atoms with Crippen LogP contribution >= 0.6 is 23.2 Å². The molecule has 0 aliphatic carbocycles. The molecule has 122 valence electrons. The Bertz CT molecular complexity index is 499. The lowest BCUT2D eigenvalue weighted by molar-refractivity contribution is 0.180. The molecule has 0 bridgehead atoms. The molecular weight excluding hydrogens is 325 g/mol. The molecule has 0 saturated carbocycles. The fourth-order valence-corrected chi connectivity index (χ4v) is 2.83. The van der Waals surface area contributed by atoms with E-state index in [1.54, 1.807) is 25.2 Å². The van der Waals surface area contributed by atoms with Crippen LogP contribution in [0.25, 0.3) is 0 Å². The van der Waals surface area contributed by atoms with Gasteiger partial charge in [-0.25, -0.2) is 0 Å². The Morgan fingerprint density at radius 2 is 2.09 bits per heavy atom. The molecule has 0 aromatic heterocycles. The molecule has 1 heterocycles. The molecule has 1 aromatic rings. The molecule has 2 rings (SSSR count). The second-order valence-electron chi connectivity index (χ2n) is 5.28. The molecule has 1 fully saturated rings. The molecule has 1 aromatic carbocycles. The maximum absolute atomic E-state index is 10.2. The van der Waals surface area contributed by atoms with Crippen LogP contribution in [-0.2, 0) is 4.74 Å². The topological polar surface area (TPSA) is 65.9 Å². The second-order valence-corrected chi connectivity index (χ2v) is 6.16. The zero-order valence-electron chi connectivity index (χ0n) is 12.5. The van der Waals surface area contributed by atoms with Gasteiger partial charge >= 0.3 is 0 Å². The summed E-state index contributed by atoms with van der Waals surface area (Å²) in [7, 11) is 1.70. The summed E-state index contributed by atoms with van der Waals surface area (Å²) in [5.74, 6) is 1.16. The van der Waals surface area contributed by atoms with Gasteiger partial charge in [-0.2, -0.15) is 0 Å². The van der Waals surface area contributed by atoms with Crippen LogP contribution in [0.3, 0.4) is 0 Å². The van der Waals surface area contributed by atoms with Gasteiger partial charge in [0.15, 0.2) is 5.96 Å². The third-order valence-corrected chi connectivity index (χ3v) is 3.97. The average Bonchev–Trinajstić information content (AvgIpc) is 2.99. The molecule has 2 atom stereocenters. The zero-order valence-corrected chi connectivity index (χ0v) is 14.0. The minimum atomic E-state index is -0.718. The van der Waals surface area contributed by atoms with E-state index in [1.807, 2.05) is 0 Å². The number of nitrogens with zero attached hydrogens (tertiary/aromatic N) is 1. The van der Waals surface area contributed by atoms with Gasteiger partial charge in [-0.3, -0.25) is 4.99 Å². The molecule has 1 aliphatic heterocycles. The van der Waals surface area contributed by atoms with Crippen molar-refractivity contribution in [2.75, 3.05) is 33.4 Å². The number of halogens is 2. The third-order valence-electron chi connectivity index (χ3n) is 3.54. The summed E-state index contributed by atoms with van der Waals surface area (Å²) in [4.78, 5) is 4.14. The first-order chi connectivity index (χ1) is 10.6. The minimum absolute atomic E-state index is 0.317. The summed E-state index contributed by atoms with van der Waals surface area (Å²) in [5.41, 5.74) is 0.671. The van der Waals surface area contributed by atoms with E-state index in [0.717, 1.165) is 26.2 Å². The molecule has 7 heteroatoms. The van der Waals surface area contributed by atoms with E-state index in [1.165, 1.54) is 0 Å². The number of nitrogens with one attached hydrogen (secondary N) is 2. The zero-order chi connectivity index (χ0) is 15.9. The standard InChI is InChI=1S/C15H21Cl2N3O2/c1-18-15(19-7-10-2-3-22-9-10)20-8-14(21)11-4-12(16)6-13(17)5-11/h4-6,10,14,21H,2-3,7-9H2,1H3,(H2,18,19,20). The summed E-state index contributed by atoms with van der Waals surface area (Å²) < 4.78 is 5.34. The highest BCUT2D eigenvalue weighted by atomic mass is 35.5. The summed E-state index contributed by atoms with van der Waals surface area (Å²) in [6, 6.07) is 5.04. The van der Waals surface area contributed by atoms with Crippen LogP contribution in [0.1, 0.15) is 18.1 Å². The van der Waals surface area contributed by atoms with Crippen molar-refractivity contribution in [2.45, 2.75) is 12.5 Å². The van der Waals surface area contributed by atoms with E-state index >= 15 is 0 Å². The van der Waals surface area contributed by atoms with Crippen LogP contribution in [0.5, 0.6) is 0 Å². The number of hydrogen-bond donors (Lipinski definition) is 3. The first-order valence-corrected chi connectivity index (χ1v) is 8.00. The Kier molecular flexibility index (Phi) is 6.76. The number of aliphatic hydroxyl groups excluding tert-OH is 1. The van der Waals surface area contributed by atoms with Crippen molar-refractivity contribution in [3.05, 3.63) is 33.8 Å². The number of ether oxygens (including phenoxy) is 1. The van der Waals surface area contributed by atoms with Crippen molar-refractivity contribution in [3.8, 4) is 0 Å². The van der Waals surface area contributed by atoms with Gasteiger partial charge in [0.25, 0.3) is 0 Å². The lowest BCUT2D eigenvalue weighted by Crippen LogP contribution is -2.41. The molecule has 0 amide bonds. The maximum atomic E-state index is 10.2. The maximum Gasteiger partial charge on any atom is 0.191 e. The van der Waals surface area contributed by atoms with Gasteiger partial charge in [0, 0.05) is 42.7 Å². The van der Waals surface area contributed by atoms with Crippen molar-refractivity contribution in [1.29, 1.82) is 0 Å². The highest BCUT2D eigenvalue weighted by Gasteiger charge is 2.16. The van der Waals surface area contributed by atoms with E-state index < -0.39 is 6.10 Å². The molecule has 1 aliphatic rings. The highest BCUT2D eigenvalue weighted by Crippen LogP contribution is 2.23. The normalized spacial score (nSPS) is 20.0. The van der Waals surface area contributed by atoms with E-state index in [0.29, 0.717) is 34.0 Å². The van der Waals surface area contributed by atoms with Gasteiger partial charge in [-0.15, -0.1) is 0 Å². The Morgan fingerprint density at radius 1 is 1.36 bits per heavy atom. The van der Waals surface area contributed by atoms with E-state index in [-0.39, 0.29) is 0 Å². The number of aliphatic hydroxyl groups is 1. The van der Waals surface area contributed by atoms with Crippen molar-refractivity contribution >= 4 is 29.2 Å². The van der Waals surface area contributed by atoms with Crippen LogP contribution < -0.4 is 10.6 Å². The Labute approximate surface area is 140 Å². The van der Waals surface area contributed by atoms with Crippen LogP contribution in [0.4, 0.5) is 0 Å². The molecule has 0 spiro atoms. The van der Waals surface area contributed by atoms with E-state index in [4.69, 9.17) is 27.9 Å². The van der Waals surface area contributed by atoms with Crippen molar-refractivity contribution < 1.29 is 9.84 Å². The predicted molar refractivity (Wildman–Crippen MR) is 89.7 cm³/mol. The summed E-state index contributed by atoms with van der Waals surface area (Å²) in [5, 5.41) is 17.5. The average molecular weight is 346 g/mol. The predicted octanol–water partition coefficient (Wildman–Crippen LogP) is 2.23. The smallest absolute Gasteiger partial charge is 0.191 e. The van der Waals surface area contributed by atoms with Gasteiger partial charge in [-0.1, -0.05) is 23.2 Å². The third kappa shape index (κ3) is 5.32. The fraction of sp³-hybridized carbons (Fsp3) is 0.533. The molecule has 0 radical (unpaired) electrons. The van der Waals surface area contributed by atoms with Gasteiger partial charge in [0.05, 0.1) is 12.7 Å². The van der Waals surface area contributed by atoms with Crippen LogP contribution in [0.2, 0.25) is 10.0 Å². The van der Waals surface area contributed by atoms with Crippen LogP contribution in [0, 0.1) is 5.92 Å². The number of guanidine groups is 1. The van der Waals surface area contributed by atoms with Gasteiger partial charge < -0.3 is 20.5 Å². The quantitative estimate of drug-likeness (QED) is 0.565. The van der Waals surface area contributed by atoms with Gasteiger partial charge in [0.2, 0.25) is 0 Å². The Balaban J connectivity index is 1.81. The monoisotopic (exact) mass is 345 g/mol. The molecule has 1 saturated heterocycles. The highest BCUT2D eigenvalue weighted by molar-refractivity contribution is 6.34. The minimum Gasteiger partial charge on any atom is -0.387 e. The Morgan fingerprint density at radius 3 is 2.68 bits per heavy atom. The largest absolute Gasteiger partial charge is 0.387 e.